The molecule has 1 atom stereocenters. The maximum atomic E-state index is 13.6. The van der Waals surface area contributed by atoms with E-state index in [0.29, 0.717) is 16.5 Å². The average Bonchev–Trinajstić information content (AvgIpc) is 3.30. The zero-order chi connectivity index (χ0) is 21.0. The SMILES string of the molecule is CSc1ncc2c(n1)N(C1CCCC1)C1(CC(=O)N(C(=O)OC(C)(C)C)C1=O)C2. The molecular weight excluding hydrogens is 392 g/mol. The molecule has 1 spiro atoms. The summed E-state index contributed by atoms with van der Waals surface area (Å²) < 4.78 is 5.34. The van der Waals surface area contributed by atoms with Crippen molar-refractivity contribution in [2.75, 3.05) is 11.2 Å². The number of ether oxygens (including phenoxy) is 1. The lowest BCUT2D eigenvalue weighted by molar-refractivity contribution is -0.138. The fraction of sp³-hybridized carbons (Fsp3) is 0.650. The number of hydrogen-bond donors (Lipinski definition) is 0. The first-order valence-electron chi connectivity index (χ1n) is 9.96. The number of nitrogens with zero attached hydrogens (tertiary/aromatic N) is 4. The Morgan fingerprint density at radius 2 is 1.93 bits per heavy atom. The van der Waals surface area contributed by atoms with E-state index in [4.69, 9.17) is 4.74 Å². The van der Waals surface area contributed by atoms with Crippen LogP contribution >= 0.6 is 11.8 Å². The van der Waals surface area contributed by atoms with Gasteiger partial charge in [0.15, 0.2) is 5.16 Å². The molecule has 156 valence electrons. The first-order chi connectivity index (χ1) is 13.7. The number of likely N-dealkylation sites (tertiary alicyclic amines) is 1. The summed E-state index contributed by atoms with van der Waals surface area (Å²) in [5.74, 6) is -0.297. The van der Waals surface area contributed by atoms with Crippen molar-refractivity contribution < 1.29 is 19.1 Å². The zero-order valence-electron chi connectivity index (χ0n) is 17.2. The van der Waals surface area contributed by atoms with Crippen molar-refractivity contribution >= 4 is 35.5 Å². The van der Waals surface area contributed by atoms with Crippen molar-refractivity contribution in [2.45, 2.75) is 81.6 Å². The Morgan fingerprint density at radius 1 is 1.24 bits per heavy atom. The van der Waals surface area contributed by atoms with Gasteiger partial charge in [-0.1, -0.05) is 24.6 Å². The number of fused-ring (bicyclic) bond motifs is 1. The van der Waals surface area contributed by atoms with Gasteiger partial charge in [-0.3, -0.25) is 9.59 Å². The summed E-state index contributed by atoms with van der Waals surface area (Å²) in [6.45, 7) is 5.13. The van der Waals surface area contributed by atoms with Crippen LogP contribution in [0.15, 0.2) is 11.4 Å². The second kappa shape index (κ2) is 6.97. The Kier molecular flexibility index (Phi) is 4.83. The number of anilines is 1. The Morgan fingerprint density at radius 3 is 2.55 bits per heavy atom. The van der Waals surface area contributed by atoms with Gasteiger partial charge in [0.2, 0.25) is 5.91 Å². The van der Waals surface area contributed by atoms with Gasteiger partial charge in [-0.25, -0.2) is 14.8 Å². The van der Waals surface area contributed by atoms with Crippen LogP contribution in [-0.4, -0.2) is 56.2 Å². The first kappa shape index (κ1) is 20.1. The molecule has 1 aromatic rings. The van der Waals surface area contributed by atoms with Gasteiger partial charge in [-0.05, 0) is 39.9 Å². The number of rotatable bonds is 2. The van der Waals surface area contributed by atoms with Crippen LogP contribution in [0.1, 0.15) is 58.4 Å². The Labute approximate surface area is 174 Å². The summed E-state index contributed by atoms with van der Waals surface area (Å²) in [5, 5.41) is 0.629. The average molecular weight is 419 g/mol. The second-order valence-electron chi connectivity index (χ2n) is 8.91. The highest BCUT2D eigenvalue weighted by atomic mass is 32.2. The quantitative estimate of drug-likeness (QED) is 0.411. The van der Waals surface area contributed by atoms with Gasteiger partial charge in [0, 0.05) is 24.2 Å². The molecule has 1 saturated heterocycles. The minimum atomic E-state index is -1.11. The third-order valence-electron chi connectivity index (χ3n) is 5.73. The van der Waals surface area contributed by atoms with Crippen LogP contribution in [0.4, 0.5) is 10.6 Å². The number of thioether (sulfide) groups is 1. The lowest BCUT2D eigenvalue weighted by Crippen LogP contribution is -2.57. The van der Waals surface area contributed by atoms with Gasteiger partial charge < -0.3 is 9.64 Å². The van der Waals surface area contributed by atoms with Gasteiger partial charge >= 0.3 is 6.09 Å². The number of carbonyl (C=O) groups excluding carboxylic acids is 3. The van der Waals surface area contributed by atoms with Crippen molar-refractivity contribution in [3.05, 3.63) is 11.8 Å². The molecule has 3 amide bonds. The highest BCUT2D eigenvalue weighted by Gasteiger charge is 2.63. The third kappa shape index (κ3) is 3.29. The molecule has 3 heterocycles. The number of aromatic nitrogens is 2. The van der Waals surface area contributed by atoms with Gasteiger partial charge in [-0.15, -0.1) is 0 Å². The van der Waals surface area contributed by atoms with Crippen molar-refractivity contribution in [3.8, 4) is 0 Å². The molecule has 8 nitrogen and oxygen atoms in total. The molecule has 29 heavy (non-hydrogen) atoms. The molecule has 1 saturated carbocycles. The summed E-state index contributed by atoms with van der Waals surface area (Å²) in [5.41, 5.74) is -1.06. The molecule has 0 aromatic carbocycles. The molecule has 3 aliphatic rings. The molecule has 9 heteroatoms. The topological polar surface area (TPSA) is 92.7 Å². The van der Waals surface area contributed by atoms with Crippen LogP contribution in [0, 0.1) is 0 Å². The number of carbonyl (C=O) groups is 3. The fourth-order valence-electron chi connectivity index (χ4n) is 4.65. The summed E-state index contributed by atoms with van der Waals surface area (Å²) in [4.78, 5) is 50.8. The van der Waals surface area contributed by atoms with Crippen molar-refractivity contribution in [1.29, 1.82) is 0 Å². The Balaban J connectivity index is 1.75. The molecule has 1 aliphatic carbocycles. The molecule has 2 aliphatic heterocycles. The molecule has 4 rings (SSSR count). The molecule has 2 fully saturated rings. The maximum absolute atomic E-state index is 13.6. The van der Waals surface area contributed by atoms with E-state index in [1.165, 1.54) is 11.8 Å². The first-order valence-corrected chi connectivity index (χ1v) is 11.2. The van der Waals surface area contributed by atoms with Crippen LogP contribution in [-0.2, 0) is 20.7 Å². The molecule has 0 N–H and O–H groups in total. The zero-order valence-corrected chi connectivity index (χ0v) is 18.0. The summed E-state index contributed by atoms with van der Waals surface area (Å²) >= 11 is 1.44. The monoisotopic (exact) mass is 418 g/mol. The van der Waals surface area contributed by atoms with Gasteiger partial charge in [-0.2, -0.15) is 4.90 Å². The highest BCUT2D eigenvalue weighted by Crippen LogP contribution is 2.48. The number of hydrogen-bond acceptors (Lipinski definition) is 8. The van der Waals surface area contributed by atoms with E-state index in [2.05, 4.69) is 9.97 Å². The van der Waals surface area contributed by atoms with Crippen molar-refractivity contribution in [1.82, 2.24) is 14.9 Å². The van der Waals surface area contributed by atoms with E-state index in [0.717, 1.165) is 37.1 Å². The Hall–Kier alpha value is -2.16. The Bertz CT molecular complexity index is 878. The lowest BCUT2D eigenvalue weighted by atomic mass is 9.91. The summed E-state index contributed by atoms with van der Waals surface area (Å²) in [6.07, 6.45) is 7.06. The third-order valence-corrected chi connectivity index (χ3v) is 6.30. The standard InChI is InChI=1S/C20H26N4O4S/c1-19(2,3)28-18(27)23-14(25)10-20(16(23)26)9-12-11-21-17(29-4)22-15(12)24(20)13-7-5-6-8-13/h11,13H,5-10H2,1-4H3. The van der Waals surface area contributed by atoms with Gasteiger partial charge in [0.05, 0.1) is 6.42 Å². The maximum Gasteiger partial charge on any atom is 0.424 e. The van der Waals surface area contributed by atoms with Crippen LogP contribution in [0.25, 0.3) is 0 Å². The number of amides is 3. The van der Waals surface area contributed by atoms with Crippen molar-refractivity contribution in [3.63, 3.8) is 0 Å². The second-order valence-corrected chi connectivity index (χ2v) is 9.69. The lowest BCUT2D eigenvalue weighted by Gasteiger charge is -2.38. The normalized spacial score (nSPS) is 24.7. The van der Waals surface area contributed by atoms with Gasteiger partial charge in [0.25, 0.3) is 5.91 Å². The summed E-state index contributed by atoms with van der Waals surface area (Å²) in [7, 11) is 0. The fourth-order valence-corrected chi connectivity index (χ4v) is 4.98. The minimum Gasteiger partial charge on any atom is -0.443 e. The largest absolute Gasteiger partial charge is 0.443 e. The van der Waals surface area contributed by atoms with E-state index in [1.54, 1.807) is 27.0 Å². The van der Waals surface area contributed by atoms with Crippen LogP contribution in [0.2, 0.25) is 0 Å². The van der Waals surface area contributed by atoms with E-state index in [1.807, 2.05) is 11.2 Å². The molecule has 0 radical (unpaired) electrons. The molecular formula is C20H26N4O4S. The van der Waals surface area contributed by atoms with Gasteiger partial charge in [0.1, 0.15) is 17.0 Å². The van der Waals surface area contributed by atoms with Crippen molar-refractivity contribution in [2.24, 2.45) is 0 Å². The van der Waals surface area contributed by atoms with Crippen LogP contribution < -0.4 is 4.90 Å². The minimum absolute atomic E-state index is 0.0491. The molecule has 1 unspecified atom stereocenters. The van der Waals surface area contributed by atoms with Crippen LogP contribution in [0.3, 0.4) is 0 Å². The predicted octanol–water partition coefficient (Wildman–Crippen LogP) is 2.94. The smallest absolute Gasteiger partial charge is 0.424 e. The van der Waals surface area contributed by atoms with E-state index in [-0.39, 0.29) is 12.5 Å². The predicted molar refractivity (Wildman–Crippen MR) is 108 cm³/mol. The summed E-state index contributed by atoms with van der Waals surface area (Å²) in [6, 6.07) is 0.121. The molecule has 1 aromatic heterocycles. The van der Waals surface area contributed by atoms with E-state index in [9.17, 15) is 14.4 Å². The molecule has 0 bridgehead atoms. The van der Waals surface area contributed by atoms with E-state index >= 15 is 0 Å². The van der Waals surface area contributed by atoms with E-state index < -0.39 is 29.0 Å². The number of imide groups is 3. The highest BCUT2D eigenvalue weighted by molar-refractivity contribution is 7.98. The van der Waals surface area contributed by atoms with Crippen LogP contribution in [0.5, 0.6) is 0 Å².